The molecule has 35 heavy (non-hydrogen) atoms. The van der Waals surface area contributed by atoms with Gasteiger partial charge in [-0.2, -0.15) is 0 Å². The lowest BCUT2D eigenvalue weighted by molar-refractivity contribution is -0.116. The monoisotopic (exact) mass is 534 g/mol. The third kappa shape index (κ3) is 4.36. The van der Waals surface area contributed by atoms with Gasteiger partial charge in [0.2, 0.25) is 0 Å². The number of methoxy groups -OCH3 is 3. The van der Waals surface area contributed by atoms with E-state index in [0.717, 1.165) is 44.0 Å². The number of ketones is 1. The van der Waals surface area contributed by atoms with E-state index in [2.05, 4.69) is 26.6 Å². The van der Waals surface area contributed by atoms with Crippen molar-refractivity contribution in [1.82, 2.24) is 0 Å². The number of Topliss-reactive ketones (excluding diaryl/α,β-unsaturated/α-hetero) is 1. The van der Waals surface area contributed by atoms with E-state index < -0.39 is 0 Å². The Labute approximate surface area is 213 Å². The van der Waals surface area contributed by atoms with E-state index in [1.807, 2.05) is 60.7 Å². The SMILES string of the molecule is COc1ccc([C@@H]2CC(=O)C3=C(C2)Nc2ccccc2N[C@H]3c2cc(Br)ccc2OC)cc1OC. The van der Waals surface area contributed by atoms with Crippen LogP contribution in [0.3, 0.4) is 0 Å². The highest BCUT2D eigenvalue weighted by atomic mass is 79.9. The van der Waals surface area contributed by atoms with Gasteiger partial charge >= 0.3 is 0 Å². The smallest absolute Gasteiger partial charge is 0.163 e. The van der Waals surface area contributed by atoms with E-state index in [1.54, 1.807) is 21.3 Å². The van der Waals surface area contributed by atoms with Crippen LogP contribution in [0.15, 0.2) is 76.4 Å². The fraction of sp³-hybridized carbons (Fsp3) is 0.250. The number of carbonyl (C=O) groups is 1. The van der Waals surface area contributed by atoms with Crippen molar-refractivity contribution >= 4 is 33.1 Å². The maximum Gasteiger partial charge on any atom is 0.163 e. The predicted octanol–water partition coefficient (Wildman–Crippen LogP) is 6.45. The molecule has 0 saturated carbocycles. The highest BCUT2D eigenvalue weighted by Gasteiger charge is 2.37. The number of halogens is 1. The minimum absolute atomic E-state index is 0.0175. The van der Waals surface area contributed by atoms with Crippen molar-refractivity contribution in [3.63, 3.8) is 0 Å². The first-order chi connectivity index (χ1) is 17.0. The van der Waals surface area contributed by atoms with Crippen LogP contribution in [0.4, 0.5) is 11.4 Å². The largest absolute Gasteiger partial charge is 0.496 e. The molecule has 0 radical (unpaired) electrons. The number of carbonyl (C=O) groups excluding carboxylic acids is 1. The second-order valence-electron chi connectivity index (χ2n) is 8.67. The van der Waals surface area contributed by atoms with Crippen LogP contribution in [0.1, 0.15) is 35.9 Å². The van der Waals surface area contributed by atoms with Crippen molar-refractivity contribution in [3.8, 4) is 17.2 Å². The predicted molar refractivity (Wildman–Crippen MR) is 141 cm³/mol. The van der Waals surface area contributed by atoms with Crippen molar-refractivity contribution in [1.29, 1.82) is 0 Å². The molecule has 1 aliphatic carbocycles. The third-order valence-corrected chi connectivity index (χ3v) is 7.18. The lowest BCUT2D eigenvalue weighted by Crippen LogP contribution is -2.27. The molecule has 0 aromatic heterocycles. The van der Waals surface area contributed by atoms with Gasteiger partial charge in [0, 0.05) is 27.7 Å². The first kappa shape index (κ1) is 23.3. The van der Waals surface area contributed by atoms with Gasteiger partial charge in [-0.15, -0.1) is 0 Å². The number of para-hydroxylation sites is 2. The van der Waals surface area contributed by atoms with Crippen molar-refractivity contribution in [2.24, 2.45) is 0 Å². The number of hydrogen-bond donors (Lipinski definition) is 2. The van der Waals surface area contributed by atoms with Crippen molar-refractivity contribution in [2.75, 3.05) is 32.0 Å². The number of benzene rings is 3. The first-order valence-corrected chi connectivity index (χ1v) is 12.3. The number of nitrogens with one attached hydrogen (secondary N) is 2. The normalized spacial score (nSPS) is 19.0. The highest BCUT2D eigenvalue weighted by Crippen LogP contribution is 2.46. The average Bonchev–Trinajstić information content (AvgIpc) is 3.05. The summed E-state index contributed by atoms with van der Waals surface area (Å²) in [5.74, 6) is 2.18. The standard InChI is InChI=1S/C28H27BrN2O4/c1-33-24-11-9-18(29)15-19(24)28-27-22(30-20-6-4-5-7-21(20)31-28)12-17(13-23(27)32)16-8-10-25(34-2)26(14-16)35-3/h4-11,14-15,17,28,30-31H,12-13H2,1-3H3/t17-,28-/m0/s1. The highest BCUT2D eigenvalue weighted by molar-refractivity contribution is 9.10. The van der Waals surface area contributed by atoms with Crippen LogP contribution in [0.25, 0.3) is 0 Å². The van der Waals surface area contributed by atoms with Gasteiger partial charge < -0.3 is 24.8 Å². The molecular weight excluding hydrogens is 508 g/mol. The van der Waals surface area contributed by atoms with E-state index in [4.69, 9.17) is 14.2 Å². The Morgan fingerprint density at radius 1 is 0.829 bits per heavy atom. The fourth-order valence-electron chi connectivity index (χ4n) is 5.00. The first-order valence-electron chi connectivity index (χ1n) is 11.5. The molecule has 0 unspecified atom stereocenters. The van der Waals surface area contributed by atoms with Crippen LogP contribution < -0.4 is 24.8 Å². The Morgan fingerprint density at radius 2 is 1.54 bits per heavy atom. The van der Waals surface area contributed by atoms with Crippen LogP contribution in [-0.2, 0) is 4.79 Å². The molecule has 5 rings (SSSR count). The summed E-state index contributed by atoms with van der Waals surface area (Å²) in [5.41, 5.74) is 5.50. The van der Waals surface area contributed by atoms with Crippen molar-refractivity contribution < 1.29 is 19.0 Å². The molecule has 2 N–H and O–H groups in total. The molecule has 1 heterocycles. The second kappa shape index (κ2) is 9.66. The van der Waals surface area contributed by atoms with Crippen molar-refractivity contribution in [3.05, 3.63) is 87.5 Å². The summed E-state index contributed by atoms with van der Waals surface area (Å²) < 4.78 is 17.5. The summed E-state index contributed by atoms with van der Waals surface area (Å²) in [4.78, 5) is 13.8. The number of hydrogen-bond acceptors (Lipinski definition) is 6. The van der Waals surface area contributed by atoms with Gasteiger partial charge in [-0.05, 0) is 60.4 Å². The molecule has 0 bridgehead atoms. The van der Waals surface area contributed by atoms with E-state index in [0.29, 0.717) is 24.3 Å². The van der Waals surface area contributed by atoms with Gasteiger partial charge in [-0.1, -0.05) is 34.1 Å². The molecule has 2 atom stereocenters. The Morgan fingerprint density at radius 3 is 2.29 bits per heavy atom. The van der Waals surface area contributed by atoms with E-state index in [9.17, 15) is 4.79 Å². The molecule has 0 saturated heterocycles. The molecule has 0 spiro atoms. The maximum atomic E-state index is 13.8. The van der Waals surface area contributed by atoms with E-state index in [1.165, 1.54) is 0 Å². The number of fused-ring (bicyclic) bond motifs is 1. The molecule has 180 valence electrons. The molecule has 0 amide bonds. The van der Waals surface area contributed by atoms with Gasteiger partial charge in [-0.25, -0.2) is 0 Å². The molecule has 6 nitrogen and oxygen atoms in total. The molecule has 1 aliphatic heterocycles. The Balaban J connectivity index is 1.61. The maximum absolute atomic E-state index is 13.8. The van der Waals surface area contributed by atoms with Gasteiger partial charge in [0.15, 0.2) is 17.3 Å². The number of rotatable bonds is 5. The molecular formula is C28H27BrN2O4. The molecule has 0 fully saturated rings. The summed E-state index contributed by atoms with van der Waals surface area (Å²) >= 11 is 3.59. The van der Waals surface area contributed by atoms with E-state index >= 15 is 0 Å². The van der Waals surface area contributed by atoms with Crippen molar-refractivity contribution in [2.45, 2.75) is 24.8 Å². The summed E-state index contributed by atoms with van der Waals surface area (Å²) in [6, 6.07) is 19.4. The zero-order valence-corrected chi connectivity index (χ0v) is 21.4. The summed E-state index contributed by atoms with van der Waals surface area (Å²) in [5, 5.41) is 7.20. The lowest BCUT2D eigenvalue weighted by Gasteiger charge is -2.30. The minimum atomic E-state index is -0.354. The third-order valence-electron chi connectivity index (χ3n) is 6.69. The van der Waals surface area contributed by atoms with Crippen LogP contribution in [0, 0.1) is 0 Å². The van der Waals surface area contributed by atoms with Crippen LogP contribution >= 0.6 is 15.9 Å². The minimum Gasteiger partial charge on any atom is -0.496 e. The van der Waals surface area contributed by atoms with E-state index in [-0.39, 0.29) is 17.7 Å². The van der Waals surface area contributed by atoms with Gasteiger partial charge in [0.25, 0.3) is 0 Å². The average molecular weight is 535 g/mol. The topological polar surface area (TPSA) is 68.8 Å². The number of anilines is 2. The van der Waals surface area contributed by atoms with Gasteiger partial charge in [0.05, 0.1) is 38.7 Å². The van der Waals surface area contributed by atoms with Gasteiger partial charge in [-0.3, -0.25) is 4.79 Å². The zero-order chi connectivity index (χ0) is 24.5. The summed E-state index contributed by atoms with van der Waals surface area (Å²) in [6.07, 6.45) is 1.10. The quantitative estimate of drug-likeness (QED) is 0.391. The Hall–Kier alpha value is -3.45. The Kier molecular flexibility index (Phi) is 6.43. The summed E-state index contributed by atoms with van der Waals surface area (Å²) in [7, 11) is 4.90. The summed E-state index contributed by atoms with van der Waals surface area (Å²) in [6.45, 7) is 0. The Bertz CT molecular complexity index is 1320. The molecule has 2 aliphatic rings. The van der Waals surface area contributed by atoms with Crippen LogP contribution in [0.5, 0.6) is 17.2 Å². The van der Waals surface area contributed by atoms with Crippen LogP contribution in [-0.4, -0.2) is 27.1 Å². The zero-order valence-electron chi connectivity index (χ0n) is 19.9. The van der Waals surface area contributed by atoms with Crippen LogP contribution in [0.2, 0.25) is 0 Å². The lowest BCUT2D eigenvalue weighted by atomic mass is 9.78. The molecule has 3 aromatic rings. The number of allylic oxidation sites excluding steroid dienone is 1. The number of ether oxygens (including phenoxy) is 3. The molecule has 3 aromatic carbocycles. The molecule has 7 heteroatoms. The fourth-order valence-corrected chi connectivity index (χ4v) is 5.38. The van der Waals surface area contributed by atoms with Gasteiger partial charge in [0.1, 0.15) is 5.75 Å². The second-order valence-corrected chi connectivity index (χ2v) is 9.58.